The maximum atomic E-state index is 6.01. The third-order valence-electron chi connectivity index (χ3n) is 2.39. The molecule has 0 heterocycles. The van der Waals surface area contributed by atoms with Crippen LogP contribution in [0.3, 0.4) is 0 Å². The molecule has 4 heteroatoms. The Bertz CT molecular complexity index is 353. The first kappa shape index (κ1) is 13.1. The van der Waals surface area contributed by atoms with Crippen LogP contribution in [-0.4, -0.2) is 20.3 Å². The van der Waals surface area contributed by atoms with Crippen LogP contribution in [0.2, 0.25) is 5.02 Å². The van der Waals surface area contributed by atoms with Crippen molar-refractivity contribution in [1.82, 2.24) is 0 Å². The highest BCUT2D eigenvalue weighted by Gasteiger charge is 2.12. The predicted molar refractivity (Wildman–Crippen MR) is 66.5 cm³/mol. The molecule has 0 aliphatic rings. The van der Waals surface area contributed by atoms with Gasteiger partial charge < -0.3 is 15.2 Å². The van der Waals surface area contributed by atoms with Crippen molar-refractivity contribution >= 4 is 11.6 Å². The van der Waals surface area contributed by atoms with E-state index in [1.165, 1.54) is 0 Å². The van der Waals surface area contributed by atoms with E-state index in [1.54, 1.807) is 20.3 Å². The molecule has 3 nitrogen and oxygen atoms in total. The Morgan fingerprint density at radius 3 is 2.50 bits per heavy atom. The topological polar surface area (TPSA) is 44.5 Å². The zero-order valence-corrected chi connectivity index (χ0v) is 10.7. The van der Waals surface area contributed by atoms with E-state index in [1.807, 2.05) is 13.0 Å². The minimum Gasteiger partial charge on any atom is -0.493 e. The molecule has 0 radical (unpaired) electrons. The first-order valence-corrected chi connectivity index (χ1v) is 5.62. The molecular weight excluding hydrogens is 226 g/mol. The van der Waals surface area contributed by atoms with Crippen molar-refractivity contribution in [3.8, 4) is 11.5 Å². The van der Waals surface area contributed by atoms with Crippen LogP contribution >= 0.6 is 11.6 Å². The molecule has 0 unspecified atom stereocenters. The van der Waals surface area contributed by atoms with Crippen molar-refractivity contribution in [1.29, 1.82) is 0 Å². The minimum atomic E-state index is 0.162. The maximum Gasteiger partial charge on any atom is 0.163 e. The number of nitrogens with two attached hydrogens (primary N) is 1. The summed E-state index contributed by atoms with van der Waals surface area (Å²) in [6.07, 6.45) is 1.72. The van der Waals surface area contributed by atoms with Gasteiger partial charge in [0.1, 0.15) is 0 Å². The average Bonchev–Trinajstić information content (AvgIpc) is 2.25. The molecule has 0 aliphatic carbocycles. The van der Waals surface area contributed by atoms with Gasteiger partial charge in [0, 0.05) is 17.1 Å². The lowest BCUT2D eigenvalue weighted by Gasteiger charge is -2.14. The first-order chi connectivity index (χ1) is 7.58. The summed E-state index contributed by atoms with van der Waals surface area (Å²) in [4.78, 5) is 0. The van der Waals surface area contributed by atoms with Gasteiger partial charge in [0.2, 0.25) is 0 Å². The van der Waals surface area contributed by atoms with Gasteiger partial charge in [0.25, 0.3) is 0 Å². The number of ether oxygens (including phenoxy) is 2. The fraction of sp³-hybridized carbons (Fsp3) is 0.500. The number of hydrogen-bond acceptors (Lipinski definition) is 3. The molecule has 0 fully saturated rings. The van der Waals surface area contributed by atoms with Crippen LogP contribution in [0.1, 0.15) is 18.9 Å². The average molecular weight is 244 g/mol. The highest BCUT2D eigenvalue weighted by Crippen LogP contribution is 2.35. The van der Waals surface area contributed by atoms with E-state index in [0.717, 1.165) is 24.2 Å². The zero-order chi connectivity index (χ0) is 12.1. The number of halogens is 1. The lowest BCUT2D eigenvalue weighted by atomic mass is 10.1. The summed E-state index contributed by atoms with van der Waals surface area (Å²) in [6.45, 7) is 1.98. The van der Waals surface area contributed by atoms with Gasteiger partial charge in [-0.25, -0.2) is 0 Å². The largest absolute Gasteiger partial charge is 0.493 e. The van der Waals surface area contributed by atoms with Crippen molar-refractivity contribution < 1.29 is 9.47 Å². The van der Waals surface area contributed by atoms with Crippen LogP contribution in [0.15, 0.2) is 12.1 Å². The second-order valence-corrected chi connectivity index (χ2v) is 4.25. The first-order valence-electron chi connectivity index (χ1n) is 5.24. The molecule has 0 aliphatic heterocycles. The molecule has 1 aromatic carbocycles. The van der Waals surface area contributed by atoms with Crippen LogP contribution in [0.25, 0.3) is 0 Å². The molecule has 0 amide bonds. The monoisotopic (exact) mass is 243 g/mol. The lowest BCUT2D eigenvalue weighted by molar-refractivity contribution is 0.351. The molecule has 0 aromatic heterocycles. The van der Waals surface area contributed by atoms with E-state index in [0.29, 0.717) is 10.8 Å². The Balaban J connectivity index is 3.00. The quantitative estimate of drug-likeness (QED) is 0.865. The minimum absolute atomic E-state index is 0.162. The molecule has 0 saturated carbocycles. The third kappa shape index (κ3) is 3.29. The summed E-state index contributed by atoms with van der Waals surface area (Å²) >= 11 is 6.01. The normalized spacial score (nSPS) is 12.3. The Morgan fingerprint density at radius 2 is 2.00 bits per heavy atom. The van der Waals surface area contributed by atoms with E-state index >= 15 is 0 Å². The summed E-state index contributed by atoms with van der Waals surface area (Å²) in [6, 6.07) is 3.80. The van der Waals surface area contributed by atoms with Crippen LogP contribution in [0, 0.1) is 0 Å². The van der Waals surface area contributed by atoms with Crippen LogP contribution in [0.4, 0.5) is 0 Å². The van der Waals surface area contributed by atoms with Crippen LogP contribution < -0.4 is 15.2 Å². The molecule has 16 heavy (non-hydrogen) atoms. The van der Waals surface area contributed by atoms with Gasteiger partial charge in [-0.2, -0.15) is 0 Å². The smallest absolute Gasteiger partial charge is 0.163 e. The molecule has 0 spiro atoms. The number of methoxy groups -OCH3 is 2. The highest BCUT2D eigenvalue weighted by molar-refractivity contribution is 6.30. The second kappa shape index (κ2) is 5.97. The SMILES string of the molecule is COc1cc(Cl)cc(CC[C@H](C)N)c1OC. The Morgan fingerprint density at radius 1 is 1.31 bits per heavy atom. The highest BCUT2D eigenvalue weighted by atomic mass is 35.5. The van der Waals surface area contributed by atoms with Gasteiger partial charge in [-0.3, -0.25) is 0 Å². The van der Waals surface area contributed by atoms with Gasteiger partial charge >= 0.3 is 0 Å². The molecular formula is C12H18ClNO2. The molecule has 1 rings (SSSR count). The second-order valence-electron chi connectivity index (χ2n) is 3.82. The summed E-state index contributed by atoms with van der Waals surface area (Å²) in [5.74, 6) is 1.40. The molecule has 1 aromatic rings. The van der Waals surface area contributed by atoms with E-state index in [2.05, 4.69) is 0 Å². The number of hydrogen-bond donors (Lipinski definition) is 1. The van der Waals surface area contributed by atoms with Crippen molar-refractivity contribution in [2.75, 3.05) is 14.2 Å². The van der Waals surface area contributed by atoms with E-state index in [9.17, 15) is 0 Å². The summed E-state index contributed by atoms with van der Waals surface area (Å²) in [7, 11) is 3.23. The van der Waals surface area contributed by atoms with Gasteiger partial charge in [0.15, 0.2) is 11.5 Å². The Hall–Kier alpha value is -0.930. The molecule has 2 N–H and O–H groups in total. The van der Waals surface area contributed by atoms with Crippen molar-refractivity contribution in [3.05, 3.63) is 22.7 Å². The maximum absolute atomic E-state index is 6.01. The molecule has 0 saturated heterocycles. The summed E-state index contributed by atoms with van der Waals surface area (Å²) in [5.41, 5.74) is 6.77. The molecule has 90 valence electrons. The fourth-order valence-electron chi connectivity index (χ4n) is 1.57. The lowest BCUT2D eigenvalue weighted by Crippen LogP contribution is -2.15. The zero-order valence-electron chi connectivity index (χ0n) is 9.92. The van der Waals surface area contributed by atoms with Crippen molar-refractivity contribution in [2.45, 2.75) is 25.8 Å². The van der Waals surface area contributed by atoms with E-state index < -0.39 is 0 Å². The van der Waals surface area contributed by atoms with Gasteiger partial charge in [-0.05, 0) is 31.4 Å². The van der Waals surface area contributed by atoms with Gasteiger partial charge in [-0.15, -0.1) is 0 Å². The number of aryl methyl sites for hydroxylation is 1. The number of benzene rings is 1. The van der Waals surface area contributed by atoms with Crippen molar-refractivity contribution in [2.24, 2.45) is 5.73 Å². The van der Waals surface area contributed by atoms with Gasteiger partial charge in [-0.1, -0.05) is 11.6 Å². The Labute approximate surface area is 101 Å². The van der Waals surface area contributed by atoms with E-state index in [4.69, 9.17) is 26.8 Å². The summed E-state index contributed by atoms with van der Waals surface area (Å²) in [5, 5.41) is 0.650. The molecule has 1 atom stereocenters. The predicted octanol–water partition coefficient (Wildman–Crippen LogP) is 2.64. The van der Waals surface area contributed by atoms with Gasteiger partial charge in [0.05, 0.1) is 14.2 Å². The fourth-order valence-corrected chi connectivity index (χ4v) is 1.81. The standard InChI is InChI=1S/C12H18ClNO2/c1-8(14)4-5-9-6-10(13)7-11(15-2)12(9)16-3/h6-8H,4-5,14H2,1-3H3/t8-/m0/s1. The summed E-state index contributed by atoms with van der Waals surface area (Å²) < 4.78 is 10.6. The van der Waals surface area contributed by atoms with Crippen molar-refractivity contribution in [3.63, 3.8) is 0 Å². The van der Waals surface area contributed by atoms with Crippen LogP contribution in [-0.2, 0) is 6.42 Å². The number of rotatable bonds is 5. The third-order valence-corrected chi connectivity index (χ3v) is 2.61. The molecule has 0 bridgehead atoms. The van der Waals surface area contributed by atoms with E-state index in [-0.39, 0.29) is 6.04 Å². The van der Waals surface area contributed by atoms with Crippen LogP contribution in [0.5, 0.6) is 11.5 Å². The Kier molecular flexibility index (Phi) is 4.90.